The van der Waals surface area contributed by atoms with Gasteiger partial charge in [-0.3, -0.25) is 0 Å². The fourth-order valence-corrected chi connectivity index (χ4v) is 1.61. The van der Waals surface area contributed by atoms with Crippen molar-refractivity contribution in [3.63, 3.8) is 0 Å². The summed E-state index contributed by atoms with van der Waals surface area (Å²) in [5.74, 6) is 0.401. The van der Waals surface area contributed by atoms with Gasteiger partial charge in [0.15, 0.2) is 0 Å². The average molecular weight is 167 g/mol. The standard InChI is InChI=1S/C8H13N3O/c1-8(2-3-10-5-8)6-4-7(9)12-11-6/h4,10H,2-3,5,9H2,1H3. The molecule has 0 saturated carbocycles. The molecule has 4 heteroatoms. The Morgan fingerprint density at radius 2 is 2.58 bits per heavy atom. The number of rotatable bonds is 1. The molecule has 1 fully saturated rings. The Balaban J connectivity index is 2.28. The number of hydrogen-bond acceptors (Lipinski definition) is 4. The van der Waals surface area contributed by atoms with E-state index in [1.807, 2.05) is 6.07 Å². The first-order chi connectivity index (χ1) is 5.71. The molecule has 0 radical (unpaired) electrons. The second kappa shape index (κ2) is 2.48. The van der Waals surface area contributed by atoms with Crippen molar-refractivity contribution in [2.75, 3.05) is 18.8 Å². The van der Waals surface area contributed by atoms with Crippen LogP contribution in [-0.4, -0.2) is 18.2 Å². The molecule has 1 saturated heterocycles. The van der Waals surface area contributed by atoms with Gasteiger partial charge >= 0.3 is 0 Å². The number of nitrogens with one attached hydrogen (secondary N) is 1. The molecule has 1 aromatic heterocycles. The lowest BCUT2D eigenvalue weighted by atomic mass is 9.86. The summed E-state index contributed by atoms with van der Waals surface area (Å²) in [5.41, 5.74) is 6.53. The zero-order valence-corrected chi connectivity index (χ0v) is 7.13. The Bertz CT molecular complexity index is 276. The van der Waals surface area contributed by atoms with Gasteiger partial charge in [0.2, 0.25) is 5.88 Å². The molecule has 0 aromatic carbocycles. The first-order valence-corrected chi connectivity index (χ1v) is 4.14. The van der Waals surface area contributed by atoms with Crippen LogP contribution in [-0.2, 0) is 5.41 Å². The smallest absolute Gasteiger partial charge is 0.222 e. The van der Waals surface area contributed by atoms with E-state index in [1.54, 1.807) is 0 Å². The van der Waals surface area contributed by atoms with Gasteiger partial charge in [-0.15, -0.1) is 0 Å². The predicted molar refractivity (Wildman–Crippen MR) is 45.8 cm³/mol. The Kier molecular flexibility index (Phi) is 1.58. The Labute approximate surface area is 71.1 Å². The van der Waals surface area contributed by atoms with Crippen LogP contribution in [0.1, 0.15) is 19.0 Å². The highest BCUT2D eigenvalue weighted by molar-refractivity contribution is 5.29. The highest BCUT2D eigenvalue weighted by Gasteiger charge is 2.33. The fourth-order valence-electron chi connectivity index (χ4n) is 1.61. The van der Waals surface area contributed by atoms with Crippen molar-refractivity contribution in [2.45, 2.75) is 18.8 Å². The van der Waals surface area contributed by atoms with Crippen LogP contribution >= 0.6 is 0 Å². The summed E-state index contributed by atoms with van der Waals surface area (Å²) in [6.07, 6.45) is 1.10. The van der Waals surface area contributed by atoms with Gasteiger partial charge in [-0.2, -0.15) is 0 Å². The van der Waals surface area contributed by atoms with Crippen molar-refractivity contribution in [3.05, 3.63) is 11.8 Å². The third-order valence-corrected chi connectivity index (χ3v) is 2.52. The molecule has 1 aliphatic heterocycles. The maximum Gasteiger partial charge on any atom is 0.222 e. The molecule has 0 amide bonds. The second-order valence-electron chi connectivity index (χ2n) is 3.60. The van der Waals surface area contributed by atoms with Crippen molar-refractivity contribution >= 4 is 5.88 Å². The Hall–Kier alpha value is -1.03. The van der Waals surface area contributed by atoms with Crippen molar-refractivity contribution in [2.24, 2.45) is 0 Å². The van der Waals surface area contributed by atoms with Crippen molar-refractivity contribution in [3.8, 4) is 0 Å². The summed E-state index contributed by atoms with van der Waals surface area (Å²) >= 11 is 0. The number of anilines is 1. The topological polar surface area (TPSA) is 64.1 Å². The van der Waals surface area contributed by atoms with Crippen LogP contribution < -0.4 is 11.1 Å². The predicted octanol–water partition coefficient (Wildman–Crippen LogP) is 0.508. The molecule has 4 nitrogen and oxygen atoms in total. The summed E-state index contributed by atoms with van der Waals surface area (Å²) in [6.45, 7) is 4.17. The monoisotopic (exact) mass is 167 g/mol. The molecule has 12 heavy (non-hydrogen) atoms. The van der Waals surface area contributed by atoms with Gasteiger partial charge in [0.25, 0.3) is 0 Å². The van der Waals surface area contributed by atoms with Crippen LogP contribution in [0.25, 0.3) is 0 Å². The van der Waals surface area contributed by atoms with Gasteiger partial charge in [0, 0.05) is 18.0 Å². The van der Waals surface area contributed by atoms with E-state index in [0.717, 1.165) is 25.2 Å². The zero-order chi connectivity index (χ0) is 8.60. The minimum absolute atomic E-state index is 0.112. The molecule has 66 valence electrons. The summed E-state index contributed by atoms with van der Waals surface area (Å²) < 4.78 is 4.84. The van der Waals surface area contributed by atoms with Crippen molar-refractivity contribution < 1.29 is 4.52 Å². The van der Waals surface area contributed by atoms with Crippen LogP contribution in [0.15, 0.2) is 10.6 Å². The van der Waals surface area contributed by atoms with Gasteiger partial charge in [0.1, 0.15) is 0 Å². The van der Waals surface area contributed by atoms with E-state index in [9.17, 15) is 0 Å². The van der Waals surface area contributed by atoms with E-state index in [-0.39, 0.29) is 5.41 Å². The SMILES string of the molecule is CC1(c2cc(N)on2)CCNC1. The van der Waals surface area contributed by atoms with E-state index in [0.29, 0.717) is 5.88 Å². The number of nitrogens with two attached hydrogens (primary N) is 1. The van der Waals surface area contributed by atoms with Crippen LogP contribution in [0.3, 0.4) is 0 Å². The lowest BCUT2D eigenvalue weighted by Gasteiger charge is -2.17. The third-order valence-electron chi connectivity index (χ3n) is 2.52. The Morgan fingerprint density at radius 3 is 3.08 bits per heavy atom. The summed E-state index contributed by atoms with van der Waals surface area (Å²) in [7, 11) is 0. The van der Waals surface area contributed by atoms with E-state index in [4.69, 9.17) is 10.3 Å². The molecular formula is C8H13N3O. The molecular weight excluding hydrogens is 154 g/mol. The summed E-state index contributed by atoms with van der Waals surface area (Å²) in [5, 5.41) is 7.23. The normalized spacial score (nSPS) is 29.4. The first-order valence-electron chi connectivity index (χ1n) is 4.14. The minimum atomic E-state index is 0.112. The maximum absolute atomic E-state index is 5.46. The minimum Gasteiger partial charge on any atom is -0.368 e. The van der Waals surface area contributed by atoms with Crippen LogP contribution in [0.4, 0.5) is 5.88 Å². The number of hydrogen-bond donors (Lipinski definition) is 2. The number of aromatic nitrogens is 1. The van der Waals surface area contributed by atoms with Crippen LogP contribution in [0.5, 0.6) is 0 Å². The first kappa shape index (κ1) is 7.61. The molecule has 1 aromatic rings. The highest BCUT2D eigenvalue weighted by atomic mass is 16.5. The summed E-state index contributed by atoms with van der Waals surface area (Å²) in [6, 6.07) is 1.81. The largest absolute Gasteiger partial charge is 0.368 e. The van der Waals surface area contributed by atoms with E-state index < -0.39 is 0 Å². The highest BCUT2D eigenvalue weighted by Crippen LogP contribution is 2.29. The molecule has 1 unspecified atom stereocenters. The number of nitrogens with zero attached hydrogens (tertiary/aromatic N) is 1. The van der Waals surface area contributed by atoms with Gasteiger partial charge in [0.05, 0.1) is 5.69 Å². The molecule has 2 heterocycles. The zero-order valence-electron chi connectivity index (χ0n) is 7.13. The molecule has 2 rings (SSSR count). The van der Waals surface area contributed by atoms with E-state index in [2.05, 4.69) is 17.4 Å². The quantitative estimate of drug-likeness (QED) is 0.639. The molecule has 0 aliphatic carbocycles. The average Bonchev–Trinajstić information content (AvgIpc) is 2.59. The molecule has 1 aliphatic rings. The van der Waals surface area contributed by atoms with Gasteiger partial charge in [-0.1, -0.05) is 12.1 Å². The van der Waals surface area contributed by atoms with Crippen molar-refractivity contribution in [1.29, 1.82) is 0 Å². The number of nitrogen functional groups attached to an aromatic ring is 1. The van der Waals surface area contributed by atoms with Crippen LogP contribution in [0, 0.1) is 0 Å². The molecule has 0 spiro atoms. The van der Waals surface area contributed by atoms with E-state index in [1.165, 1.54) is 0 Å². The lowest BCUT2D eigenvalue weighted by molar-refractivity contribution is 0.395. The van der Waals surface area contributed by atoms with Crippen LogP contribution in [0.2, 0.25) is 0 Å². The Morgan fingerprint density at radius 1 is 1.75 bits per heavy atom. The van der Waals surface area contributed by atoms with E-state index >= 15 is 0 Å². The van der Waals surface area contributed by atoms with Gasteiger partial charge < -0.3 is 15.6 Å². The van der Waals surface area contributed by atoms with Crippen molar-refractivity contribution in [1.82, 2.24) is 10.5 Å². The molecule has 0 bridgehead atoms. The lowest BCUT2D eigenvalue weighted by Crippen LogP contribution is -2.25. The second-order valence-corrected chi connectivity index (χ2v) is 3.60. The molecule has 1 atom stereocenters. The van der Waals surface area contributed by atoms with Gasteiger partial charge in [-0.25, -0.2) is 0 Å². The van der Waals surface area contributed by atoms with Gasteiger partial charge in [-0.05, 0) is 13.0 Å². The fraction of sp³-hybridized carbons (Fsp3) is 0.625. The summed E-state index contributed by atoms with van der Waals surface area (Å²) in [4.78, 5) is 0. The molecule has 3 N–H and O–H groups in total. The third kappa shape index (κ3) is 1.08. The maximum atomic E-state index is 5.46.